The fraction of sp³-hybridized carbons (Fsp3) is 1.00. The summed E-state index contributed by atoms with van der Waals surface area (Å²) in [7, 11) is 4.34. The standard InChI is InChI=1S/C11H24N2/c1-4-11(7-10-13(2)3)5-8-12-9-6-11/h12H,4-10H2,1-3H3. The van der Waals surface area contributed by atoms with Gasteiger partial charge in [0.25, 0.3) is 0 Å². The zero-order valence-corrected chi connectivity index (χ0v) is 9.40. The molecular weight excluding hydrogens is 160 g/mol. The fourth-order valence-corrected chi connectivity index (χ4v) is 2.20. The molecule has 1 N–H and O–H groups in total. The minimum Gasteiger partial charge on any atom is -0.317 e. The van der Waals surface area contributed by atoms with Crippen molar-refractivity contribution in [3.05, 3.63) is 0 Å². The minimum atomic E-state index is 0.648. The lowest BCUT2D eigenvalue weighted by Crippen LogP contribution is -2.38. The molecule has 1 aliphatic rings. The van der Waals surface area contributed by atoms with Crippen LogP contribution in [0, 0.1) is 5.41 Å². The summed E-state index contributed by atoms with van der Waals surface area (Å²) in [4.78, 5) is 2.31. The predicted octanol–water partition coefficient (Wildman–Crippen LogP) is 1.72. The fourth-order valence-electron chi connectivity index (χ4n) is 2.20. The number of piperidine rings is 1. The van der Waals surface area contributed by atoms with Gasteiger partial charge in [0, 0.05) is 0 Å². The lowest BCUT2D eigenvalue weighted by molar-refractivity contribution is 0.158. The van der Waals surface area contributed by atoms with Crippen molar-refractivity contribution < 1.29 is 0 Å². The Morgan fingerprint density at radius 1 is 1.23 bits per heavy atom. The third-order valence-corrected chi connectivity index (χ3v) is 3.50. The molecule has 13 heavy (non-hydrogen) atoms. The van der Waals surface area contributed by atoms with Gasteiger partial charge in [-0.2, -0.15) is 0 Å². The molecule has 78 valence electrons. The van der Waals surface area contributed by atoms with E-state index in [9.17, 15) is 0 Å². The van der Waals surface area contributed by atoms with Crippen molar-refractivity contribution in [2.75, 3.05) is 33.7 Å². The number of nitrogens with one attached hydrogen (secondary N) is 1. The number of hydrogen-bond acceptors (Lipinski definition) is 2. The van der Waals surface area contributed by atoms with E-state index in [0.29, 0.717) is 5.41 Å². The molecule has 0 aromatic heterocycles. The molecule has 2 heteroatoms. The molecule has 0 radical (unpaired) electrons. The van der Waals surface area contributed by atoms with Crippen LogP contribution < -0.4 is 5.32 Å². The van der Waals surface area contributed by atoms with E-state index >= 15 is 0 Å². The van der Waals surface area contributed by atoms with Crippen LogP contribution in [-0.4, -0.2) is 38.6 Å². The number of rotatable bonds is 4. The molecule has 0 aliphatic carbocycles. The van der Waals surface area contributed by atoms with Crippen LogP contribution in [0.1, 0.15) is 32.6 Å². The van der Waals surface area contributed by atoms with Gasteiger partial charge >= 0.3 is 0 Å². The predicted molar refractivity (Wildman–Crippen MR) is 58.0 cm³/mol. The van der Waals surface area contributed by atoms with Crippen molar-refractivity contribution in [2.24, 2.45) is 5.41 Å². The van der Waals surface area contributed by atoms with Crippen LogP contribution in [0.25, 0.3) is 0 Å². The Morgan fingerprint density at radius 3 is 2.31 bits per heavy atom. The van der Waals surface area contributed by atoms with Gasteiger partial charge in [-0.15, -0.1) is 0 Å². The molecule has 0 aromatic carbocycles. The van der Waals surface area contributed by atoms with E-state index in [0.717, 1.165) is 0 Å². The normalized spacial score (nSPS) is 22.2. The lowest BCUT2D eigenvalue weighted by Gasteiger charge is -2.37. The Bertz CT molecular complexity index is 137. The van der Waals surface area contributed by atoms with Gasteiger partial charge < -0.3 is 10.2 Å². The van der Waals surface area contributed by atoms with Gasteiger partial charge in [-0.05, 0) is 58.4 Å². The largest absolute Gasteiger partial charge is 0.317 e. The van der Waals surface area contributed by atoms with Gasteiger partial charge in [0.15, 0.2) is 0 Å². The maximum atomic E-state index is 3.45. The van der Waals surface area contributed by atoms with Crippen molar-refractivity contribution in [3.8, 4) is 0 Å². The topological polar surface area (TPSA) is 15.3 Å². The Hall–Kier alpha value is -0.0800. The van der Waals surface area contributed by atoms with Crippen molar-refractivity contribution in [1.82, 2.24) is 10.2 Å². The first-order chi connectivity index (χ1) is 6.18. The summed E-state index contributed by atoms with van der Waals surface area (Å²) in [6.07, 6.45) is 5.47. The molecule has 0 unspecified atom stereocenters. The van der Waals surface area contributed by atoms with Crippen LogP contribution in [0.4, 0.5) is 0 Å². The van der Waals surface area contributed by atoms with Crippen molar-refractivity contribution in [1.29, 1.82) is 0 Å². The first-order valence-electron chi connectivity index (χ1n) is 5.54. The van der Waals surface area contributed by atoms with Crippen LogP contribution in [0.3, 0.4) is 0 Å². The molecule has 0 bridgehead atoms. The molecule has 0 amide bonds. The van der Waals surface area contributed by atoms with Gasteiger partial charge in [0.05, 0.1) is 0 Å². The summed E-state index contributed by atoms with van der Waals surface area (Å²) in [5.41, 5.74) is 0.648. The summed E-state index contributed by atoms with van der Waals surface area (Å²) in [6.45, 7) is 6.04. The molecule has 0 atom stereocenters. The SMILES string of the molecule is CCC1(CCN(C)C)CCNCC1. The Morgan fingerprint density at radius 2 is 1.85 bits per heavy atom. The molecule has 0 spiro atoms. The third kappa shape index (κ3) is 3.28. The molecule has 2 nitrogen and oxygen atoms in total. The summed E-state index contributed by atoms with van der Waals surface area (Å²) in [6, 6.07) is 0. The van der Waals surface area contributed by atoms with Gasteiger partial charge in [-0.3, -0.25) is 0 Å². The molecule has 1 fully saturated rings. The van der Waals surface area contributed by atoms with Gasteiger partial charge in [0.1, 0.15) is 0 Å². The molecular formula is C11H24N2. The smallest absolute Gasteiger partial charge is 0.00195 e. The molecule has 0 saturated carbocycles. The Labute approximate surface area is 82.7 Å². The first-order valence-corrected chi connectivity index (χ1v) is 5.54. The quantitative estimate of drug-likeness (QED) is 0.715. The third-order valence-electron chi connectivity index (χ3n) is 3.50. The Balaban J connectivity index is 2.38. The maximum Gasteiger partial charge on any atom is -0.00195 e. The highest BCUT2D eigenvalue weighted by atomic mass is 15.0. The second kappa shape index (κ2) is 4.97. The minimum absolute atomic E-state index is 0.648. The van der Waals surface area contributed by atoms with Crippen LogP contribution in [0.15, 0.2) is 0 Å². The second-order valence-corrected chi connectivity index (χ2v) is 4.66. The van der Waals surface area contributed by atoms with E-state index in [1.54, 1.807) is 0 Å². The average Bonchev–Trinajstić information content (AvgIpc) is 2.16. The molecule has 1 aliphatic heterocycles. The number of nitrogens with zero attached hydrogens (tertiary/aromatic N) is 1. The second-order valence-electron chi connectivity index (χ2n) is 4.66. The first kappa shape index (κ1) is 11.0. The monoisotopic (exact) mass is 184 g/mol. The van der Waals surface area contributed by atoms with E-state index < -0.39 is 0 Å². The summed E-state index contributed by atoms with van der Waals surface area (Å²) < 4.78 is 0. The van der Waals surface area contributed by atoms with E-state index in [4.69, 9.17) is 0 Å². The highest BCUT2D eigenvalue weighted by Gasteiger charge is 2.29. The number of hydrogen-bond donors (Lipinski definition) is 1. The van der Waals surface area contributed by atoms with Crippen LogP contribution in [-0.2, 0) is 0 Å². The van der Waals surface area contributed by atoms with E-state index in [-0.39, 0.29) is 0 Å². The van der Waals surface area contributed by atoms with E-state index in [1.807, 2.05) is 0 Å². The Kier molecular flexibility index (Phi) is 4.20. The lowest BCUT2D eigenvalue weighted by atomic mass is 9.74. The zero-order valence-electron chi connectivity index (χ0n) is 9.40. The van der Waals surface area contributed by atoms with Gasteiger partial charge in [-0.25, -0.2) is 0 Å². The highest BCUT2D eigenvalue weighted by Crippen LogP contribution is 2.35. The maximum absolute atomic E-state index is 3.45. The molecule has 1 heterocycles. The highest BCUT2D eigenvalue weighted by molar-refractivity contribution is 4.83. The summed E-state index contributed by atoms with van der Waals surface area (Å²) >= 11 is 0. The molecule has 1 rings (SSSR count). The van der Waals surface area contributed by atoms with E-state index in [2.05, 4.69) is 31.2 Å². The average molecular weight is 184 g/mol. The van der Waals surface area contributed by atoms with Gasteiger partial charge in [0.2, 0.25) is 0 Å². The van der Waals surface area contributed by atoms with Crippen LogP contribution in [0.5, 0.6) is 0 Å². The van der Waals surface area contributed by atoms with Crippen molar-refractivity contribution >= 4 is 0 Å². The van der Waals surface area contributed by atoms with Crippen molar-refractivity contribution in [3.63, 3.8) is 0 Å². The zero-order chi connectivity index (χ0) is 9.73. The van der Waals surface area contributed by atoms with E-state index in [1.165, 1.54) is 45.3 Å². The molecule has 0 aromatic rings. The van der Waals surface area contributed by atoms with Crippen molar-refractivity contribution in [2.45, 2.75) is 32.6 Å². The van der Waals surface area contributed by atoms with Crippen LogP contribution in [0.2, 0.25) is 0 Å². The molecule has 1 saturated heterocycles. The summed E-state index contributed by atoms with van der Waals surface area (Å²) in [5.74, 6) is 0. The summed E-state index contributed by atoms with van der Waals surface area (Å²) in [5, 5.41) is 3.45. The van der Waals surface area contributed by atoms with Crippen LogP contribution >= 0.6 is 0 Å². The van der Waals surface area contributed by atoms with Gasteiger partial charge in [-0.1, -0.05) is 13.3 Å².